The first-order chi connectivity index (χ1) is 8.50. The van der Waals surface area contributed by atoms with Crippen LogP contribution in [0.3, 0.4) is 0 Å². The number of hydrogen-bond donors (Lipinski definition) is 1. The molecule has 0 saturated heterocycles. The molecule has 0 aromatic heterocycles. The molecule has 0 unspecified atom stereocenters. The third kappa shape index (κ3) is 3.37. The van der Waals surface area contributed by atoms with Gasteiger partial charge < -0.3 is 10.5 Å². The Labute approximate surface area is 104 Å². The molecule has 0 aliphatic carbocycles. The van der Waals surface area contributed by atoms with Crippen LogP contribution in [0.1, 0.15) is 12.0 Å². The van der Waals surface area contributed by atoms with Gasteiger partial charge in [0.25, 0.3) is 6.43 Å². The van der Waals surface area contributed by atoms with Crippen molar-refractivity contribution in [1.29, 1.82) is 0 Å². The molecule has 0 fully saturated rings. The van der Waals surface area contributed by atoms with Gasteiger partial charge in [-0.1, -0.05) is 36.4 Å². The molecule has 1 aromatic carbocycles. The van der Waals surface area contributed by atoms with Crippen LogP contribution in [-0.2, 0) is 16.1 Å². The van der Waals surface area contributed by atoms with Crippen molar-refractivity contribution in [3.63, 3.8) is 0 Å². The maximum Gasteiger partial charge on any atom is 0.332 e. The largest absolute Gasteiger partial charge is 0.459 e. The highest BCUT2D eigenvalue weighted by Gasteiger charge is 2.44. The molecule has 0 aliphatic rings. The van der Waals surface area contributed by atoms with Gasteiger partial charge in [-0.15, -0.1) is 6.58 Å². The van der Waals surface area contributed by atoms with E-state index in [0.717, 1.165) is 0 Å². The quantitative estimate of drug-likeness (QED) is 0.626. The molecule has 98 valence electrons. The third-order valence-electron chi connectivity index (χ3n) is 2.46. The van der Waals surface area contributed by atoms with Gasteiger partial charge in [0, 0.05) is 0 Å². The SMILES string of the molecule is C=CC[C@@](N)(C(=O)OCc1ccccc1)C(F)F. The summed E-state index contributed by atoms with van der Waals surface area (Å²) in [6.07, 6.45) is -2.16. The van der Waals surface area contributed by atoms with E-state index in [1.807, 2.05) is 0 Å². The van der Waals surface area contributed by atoms with Gasteiger partial charge in [-0.05, 0) is 12.0 Å². The van der Waals surface area contributed by atoms with Crippen LogP contribution in [0.4, 0.5) is 8.78 Å². The molecule has 0 amide bonds. The van der Waals surface area contributed by atoms with Gasteiger partial charge in [-0.2, -0.15) is 0 Å². The van der Waals surface area contributed by atoms with Crippen LogP contribution in [0.5, 0.6) is 0 Å². The predicted octanol–water partition coefficient (Wildman–Crippen LogP) is 2.27. The molecule has 5 heteroatoms. The molecule has 0 saturated carbocycles. The zero-order valence-electron chi connectivity index (χ0n) is 9.81. The van der Waals surface area contributed by atoms with Crippen LogP contribution in [0, 0.1) is 0 Å². The molecule has 0 heterocycles. The minimum absolute atomic E-state index is 0.0809. The molecule has 0 bridgehead atoms. The summed E-state index contributed by atoms with van der Waals surface area (Å²) < 4.78 is 30.4. The van der Waals surface area contributed by atoms with Crippen LogP contribution in [0.2, 0.25) is 0 Å². The number of hydrogen-bond acceptors (Lipinski definition) is 3. The first-order valence-corrected chi connectivity index (χ1v) is 5.39. The maximum absolute atomic E-state index is 12.8. The second kappa shape index (κ2) is 6.26. The van der Waals surface area contributed by atoms with Crippen LogP contribution in [0.15, 0.2) is 43.0 Å². The van der Waals surface area contributed by atoms with Crippen LogP contribution in [0.25, 0.3) is 0 Å². The fourth-order valence-electron chi connectivity index (χ4n) is 1.36. The molecule has 2 N–H and O–H groups in total. The fraction of sp³-hybridized carbons (Fsp3) is 0.308. The number of ether oxygens (including phenoxy) is 1. The Morgan fingerprint density at radius 2 is 2.06 bits per heavy atom. The van der Waals surface area contributed by atoms with E-state index in [2.05, 4.69) is 6.58 Å². The first-order valence-electron chi connectivity index (χ1n) is 5.39. The Bertz CT molecular complexity index is 409. The first kappa shape index (κ1) is 14.3. The minimum Gasteiger partial charge on any atom is -0.459 e. The zero-order valence-corrected chi connectivity index (χ0v) is 9.81. The van der Waals surface area contributed by atoms with Gasteiger partial charge in [-0.25, -0.2) is 13.6 Å². The lowest BCUT2D eigenvalue weighted by Gasteiger charge is -2.24. The second-order valence-electron chi connectivity index (χ2n) is 3.90. The summed E-state index contributed by atoms with van der Waals surface area (Å²) >= 11 is 0. The number of halogens is 2. The Balaban J connectivity index is 2.66. The van der Waals surface area contributed by atoms with Crippen molar-refractivity contribution in [2.24, 2.45) is 5.73 Å². The Hall–Kier alpha value is -1.75. The summed E-state index contributed by atoms with van der Waals surface area (Å²) in [4.78, 5) is 11.6. The average Bonchev–Trinajstić information content (AvgIpc) is 2.37. The summed E-state index contributed by atoms with van der Waals surface area (Å²) in [6, 6.07) is 8.77. The number of rotatable bonds is 6. The molecule has 1 rings (SSSR count). The lowest BCUT2D eigenvalue weighted by molar-refractivity contribution is -0.157. The number of benzene rings is 1. The summed E-state index contributed by atoms with van der Waals surface area (Å²) in [7, 11) is 0. The van der Waals surface area contributed by atoms with Crippen LogP contribution >= 0.6 is 0 Å². The fourth-order valence-corrected chi connectivity index (χ4v) is 1.36. The van der Waals surface area contributed by atoms with Gasteiger partial charge in [0.1, 0.15) is 6.61 Å². The molecular formula is C13H15F2NO2. The molecule has 18 heavy (non-hydrogen) atoms. The summed E-state index contributed by atoms with van der Waals surface area (Å²) in [6.45, 7) is 3.23. The van der Waals surface area contributed by atoms with Gasteiger partial charge in [0.15, 0.2) is 5.54 Å². The monoisotopic (exact) mass is 255 g/mol. The van der Waals surface area contributed by atoms with E-state index in [4.69, 9.17) is 10.5 Å². The van der Waals surface area contributed by atoms with E-state index in [-0.39, 0.29) is 13.0 Å². The highest BCUT2D eigenvalue weighted by molar-refractivity contribution is 5.81. The number of carbonyl (C=O) groups excluding carboxylic acids is 1. The van der Waals surface area contributed by atoms with E-state index in [9.17, 15) is 13.6 Å². The Morgan fingerprint density at radius 3 is 2.56 bits per heavy atom. The van der Waals surface area contributed by atoms with E-state index < -0.39 is 17.9 Å². The van der Waals surface area contributed by atoms with E-state index in [1.165, 1.54) is 6.08 Å². The van der Waals surface area contributed by atoms with Gasteiger partial charge in [0.05, 0.1) is 0 Å². The van der Waals surface area contributed by atoms with E-state index >= 15 is 0 Å². The molecule has 1 aromatic rings. The number of alkyl halides is 2. The Morgan fingerprint density at radius 1 is 1.44 bits per heavy atom. The second-order valence-corrected chi connectivity index (χ2v) is 3.90. The topological polar surface area (TPSA) is 52.3 Å². The zero-order chi connectivity index (χ0) is 13.6. The van der Waals surface area contributed by atoms with Crippen molar-refractivity contribution >= 4 is 5.97 Å². The minimum atomic E-state index is -3.00. The predicted molar refractivity (Wildman–Crippen MR) is 64.0 cm³/mol. The highest BCUT2D eigenvalue weighted by Crippen LogP contribution is 2.20. The summed E-state index contributed by atoms with van der Waals surface area (Å²) in [5.41, 5.74) is 3.75. The highest BCUT2D eigenvalue weighted by atomic mass is 19.3. The van der Waals surface area contributed by atoms with Crippen molar-refractivity contribution in [3.8, 4) is 0 Å². The van der Waals surface area contributed by atoms with Crippen molar-refractivity contribution in [1.82, 2.24) is 0 Å². The van der Waals surface area contributed by atoms with Crippen molar-refractivity contribution in [2.45, 2.75) is 25.0 Å². The maximum atomic E-state index is 12.8. The van der Waals surface area contributed by atoms with Gasteiger partial charge in [-0.3, -0.25) is 0 Å². The van der Waals surface area contributed by atoms with Gasteiger partial charge >= 0.3 is 5.97 Å². The lowest BCUT2D eigenvalue weighted by Crippen LogP contribution is -2.54. The lowest BCUT2D eigenvalue weighted by atomic mass is 9.97. The number of nitrogens with two attached hydrogens (primary N) is 1. The molecular weight excluding hydrogens is 240 g/mol. The van der Waals surface area contributed by atoms with E-state index in [1.54, 1.807) is 30.3 Å². The van der Waals surface area contributed by atoms with E-state index in [0.29, 0.717) is 5.56 Å². The van der Waals surface area contributed by atoms with Gasteiger partial charge in [0.2, 0.25) is 0 Å². The molecule has 0 spiro atoms. The van der Waals surface area contributed by atoms with Crippen LogP contribution < -0.4 is 5.73 Å². The third-order valence-corrected chi connectivity index (χ3v) is 2.46. The van der Waals surface area contributed by atoms with Crippen LogP contribution in [-0.4, -0.2) is 17.9 Å². The Kier molecular flexibility index (Phi) is 4.97. The standard InChI is InChI=1S/C13H15F2NO2/c1-2-8-13(16,11(14)15)12(17)18-9-10-6-4-3-5-7-10/h2-7,11H,1,8-9,16H2/t13-/m0/s1. The molecule has 3 nitrogen and oxygen atoms in total. The summed E-state index contributed by atoms with van der Waals surface area (Å²) in [5, 5.41) is 0. The van der Waals surface area contributed by atoms with Crippen molar-refractivity contribution < 1.29 is 18.3 Å². The smallest absolute Gasteiger partial charge is 0.332 e. The number of esters is 1. The molecule has 0 radical (unpaired) electrons. The van der Waals surface area contributed by atoms with Crippen molar-refractivity contribution in [3.05, 3.63) is 48.6 Å². The molecule has 0 aliphatic heterocycles. The van der Waals surface area contributed by atoms with Crippen molar-refractivity contribution in [2.75, 3.05) is 0 Å². The molecule has 1 atom stereocenters. The number of carbonyl (C=O) groups is 1. The summed E-state index contributed by atoms with van der Waals surface area (Å²) in [5.74, 6) is -1.12. The average molecular weight is 255 g/mol. The normalized spacial score (nSPS) is 14.0.